The first-order valence-electron chi connectivity index (χ1n) is 5.53. The molecule has 0 saturated carbocycles. The fraction of sp³-hybridized carbons (Fsp3) is 0.500. The third-order valence-electron chi connectivity index (χ3n) is 2.50. The van der Waals surface area contributed by atoms with Gasteiger partial charge >= 0.3 is 0 Å². The van der Waals surface area contributed by atoms with Crippen LogP contribution in [0.5, 0.6) is 11.5 Å². The molecule has 0 aromatic heterocycles. The molecule has 1 unspecified atom stereocenters. The molecular weight excluding hydrogens is 206 g/mol. The van der Waals surface area contributed by atoms with Gasteiger partial charge in [0.05, 0.1) is 19.8 Å². The second-order valence-electron chi connectivity index (χ2n) is 3.73. The highest BCUT2D eigenvalue weighted by Crippen LogP contribution is 2.35. The quantitative estimate of drug-likeness (QED) is 0.776. The normalized spacial score (nSPS) is 18.0. The number of ether oxygens (including phenoxy) is 2. The predicted molar refractivity (Wildman–Crippen MR) is 60.6 cm³/mol. The van der Waals surface area contributed by atoms with Gasteiger partial charge in [0.2, 0.25) is 0 Å². The summed E-state index contributed by atoms with van der Waals surface area (Å²) in [5.41, 5.74) is 4.00. The first-order valence-corrected chi connectivity index (χ1v) is 5.53. The van der Waals surface area contributed by atoms with Gasteiger partial charge in [-0.3, -0.25) is 0 Å². The summed E-state index contributed by atoms with van der Waals surface area (Å²) in [6.07, 6.45) is 1.01. The minimum Gasteiger partial charge on any atom is -0.494 e. The molecule has 0 radical (unpaired) electrons. The molecule has 16 heavy (non-hydrogen) atoms. The molecule has 2 rings (SSSR count). The van der Waals surface area contributed by atoms with Crippen molar-refractivity contribution in [3.05, 3.63) is 23.8 Å². The van der Waals surface area contributed by atoms with Crippen LogP contribution in [0.15, 0.2) is 18.2 Å². The van der Waals surface area contributed by atoms with Crippen molar-refractivity contribution in [3.63, 3.8) is 0 Å². The highest BCUT2D eigenvalue weighted by molar-refractivity contribution is 5.44. The van der Waals surface area contributed by atoms with Gasteiger partial charge in [0, 0.05) is 5.56 Å². The topological polar surface area (TPSA) is 39.7 Å². The molecule has 0 amide bonds. The zero-order chi connectivity index (χ0) is 11.4. The van der Waals surface area contributed by atoms with E-state index in [4.69, 9.17) is 14.3 Å². The van der Waals surface area contributed by atoms with Crippen molar-refractivity contribution < 1.29 is 14.3 Å². The third kappa shape index (κ3) is 2.28. The molecule has 4 nitrogen and oxygen atoms in total. The monoisotopic (exact) mass is 223 g/mol. The van der Waals surface area contributed by atoms with Crippen molar-refractivity contribution in [2.45, 2.75) is 19.4 Å². The van der Waals surface area contributed by atoms with E-state index in [-0.39, 0.29) is 6.04 Å². The van der Waals surface area contributed by atoms with Gasteiger partial charge in [0.15, 0.2) is 0 Å². The number of benzene rings is 1. The summed E-state index contributed by atoms with van der Waals surface area (Å²) in [5.74, 6) is 1.78. The minimum absolute atomic E-state index is 0.0881. The van der Waals surface area contributed by atoms with E-state index in [0.29, 0.717) is 6.61 Å². The Morgan fingerprint density at radius 2 is 2.38 bits per heavy atom. The van der Waals surface area contributed by atoms with Gasteiger partial charge in [-0.2, -0.15) is 5.48 Å². The molecule has 1 aliphatic rings. The summed E-state index contributed by atoms with van der Waals surface area (Å²) in [4.78, 5) is 4.93. The van der Waals surface area contributed by atoms with Crippen molar-refractivity contribution in [1.82, 2.24) is 5.48 Å². The molecule has 0 saturated heterocycles. The van der Waals surface area contributed by atoms with Crippen molar-refractivity contribution in [2.75, 3.05) is 20.3 Å². The fourth-order valence-corrected chi connectivity index (χ4v) is 1.74. The number of fused-ring (bicyclic) bond motifs is 1. The Bertz CT molecular complexity index is 352. The lowest BCUT2D eigenvalue weighted by Gasteiger charge is -2.10. The van der Waals surface area contributed by atoms with Gasteiger partial charge in [-0.15, -0.1) is 0 Å². The van der Waals surface area contributed by atoms with Gasteiger partial charge in [0.1, 0.15) is 18.1 Å². The van der Waals surface area contributed by atoms with Crippen LogP contribution in [0.2, 0.25) is 0 Å². The van der Waals surface area contributed by atoms with Crippen LogP contribution in [0, 0.1) is 0 Å². The van der Waals surface area contributed by atoms with Crippen LogP contribution in [0.3, 0.4) is 0 Å². The van der Waals surface area contributed by atoms with Gasteiger partial charge in [-0.05, 0) is 24.6 Å². The number of nitrogens with one attached hydrogen (secondary N) is 1. The number of hydrogen-bond acceptors (Lipinski definition) is 4. The van der Waals surface area contributed by atoms with Crippen molar-refractivity contribution in [1.29, 1.82) is 0 Å². The molecule has 1 N–H and O–H groups in total. The Labute approximate surface area is 95.5 Å². The van der Waals surface area contributed by atoms with E-state index in [1.807, 2.05) is 18.2 Å². The van der Waals surface area contributed by atoms with E-state index in [2.05, 4.69) is 12.4 Å². The van der Waals surface area contributed by atoms with Crippen LogP contribution < -0.4 is 15.0 Å². The van der Waals surface area contributed by atoms with Crippen molar-refractivity contribution >= 4 is 0 Å². The highest BCUT2D eigenvalue weighted by Gasteiger charge is 2.24. The van der Waals surface area contributed by atoms with Crippen LogP contribution >= 0.6 is 0 Å². The molecule has 88 valence electrons. The molecule has 0 aliphatic carbocycles. The molecule has 1 aromatic rings. The first kappa shape index (κ1) is 11.2. The van der Waals surface area contributed by atoms with Gasteiger partial charge < -0.3 is 14.3 Å². The summed E-state index contributed by atoms with van der Waals surface area (Å²) in [5, 5.41) is 0. The second kappa shape index (κ2) is 5.18. The van der Waals surface area contributed by atoms with Crippen LogP contribution in [-0.4, -0.2) is 20.3 Å². The maximum absolute atomic E-state index is 5.58. The average Bonchev–Trinajstić information content (AvgIpc) is 2.70. The molecule has 0 spiro atoms. The van der Waals surface area contributed by atoms with Gasteiger partial charge in [-0.25, -0.2) is 0 Å². The summed E-state index contributed by atoms with van der Waals surface area (Å²) in [6, 6.07) is 5.97. The van der Waals surface area contributed by atoms with E-state index < -0.39 is 0 Å². The van der Waals surface area contributed by atoms with Crippen molar-refractivity contribution in [2.24, 2.45) is 0 Å². The maximum Gasteiger partial charge on any atom is 0.124 e. The number of hydrogen-bond donors (Lipinski definition) is 1. The SMILES string of the molecule is CCCOc1ccc2c(c1)C(NOC)CO2. The minimum atomic E-state index is 0.0881. The number of rotatable bonds is 5. The smallest absolute Gasteiger partial charge is 0.124 e. The number of hydroxylamine groups is 1. The standard InChI is InChI=1S/C12H17NO3/c1-3-6-15-9-4-5-12-10(7-9)11(8-16-12)13-14-2/h4-5,7,11,13H,3,6,8H2,1-2H3. The van der Waals surface area contributed by atoms with Crippen molar-refractivity contribution in [3.8, 4) is 11.5 Å². The Hall–Kier alpha value is -1.26. The summed E-state index contributed by atoms with van der Waals surface area (Å²) < 4.78 is 11.1. The first-order chi connectivity index (χ1) is 7.85. The zero-order valence-corrected chi connectivity index (χ0v) is 9.66. The molecule has 1 heterocycles. The summed E-state index contributed by atoms with van der Waals surface area (Å²) >= 11 is 0. The van der Waals surface area contributed by atoms with Crippen LogP contribution in [0.4, 0.5) is 0 Å². The van der Waals surface area contributed by atoms with E-state index in [1.165, 1.54) is 0 Å². The van der Waals surface area contributed by atoms with Gasteiger partial charge in [-0.1, -0.05) is 6.92 Å². The lowest BCUT2D eigenvalue weighted by atomic mass is 10.1. The van der Waals surface area contributed by atoms with E-state index >= 15 is 0 Å². The lowest BCUT2D eigenvalue weighted by Crippen LogP contribution is -2.20. The fourth-order valence-electron chi connectivity index (χ4n) is 1.74. The molecule has 1 aromatic carbocycles. The van der Waals surface area contributed by atoms with E-state index in [1.54, 1.807) is 7.11 Å². The Balaban J connectivity index is 2.13. The zero-order valence-electron chi connectivity index (χ0n) is 9.66. The highest BCUT2D eigenvalue weighted by atomic mass is 16.6. The molecular formula is C12H17NO3. The molecule has 0 fully saturated rings. The van der Waals surface area contributed by atoms with Crippen LogP contribution in [0.1, 0.15) is 24.9 Å². The second-order valence-corrected chi connectivity index (χ2v) is 3.73. The van der Waals surface area contributed by atoms with E-state index in [9.17, 15) is 0 Å². The van der Waals surface area contributed by atoms with E-state index in [0.717, 1.165) is 30.1 Å². The molecule has 4 heteroatoms. The maximum atomic E-state index is 5.58. The third-order valence-corrected chi connectivity index (χ3v) is 2.50. The Morgan fingerprint density at radius 3 is 3.12 bits per heavy atom. The predicted octanol–water partition coefficient (Wildman–Crippen LogP) is 2.06. The lowest BCUT2D eigenvalue weighted by molar-refractivity contribution is 0.0535. The molecule has 1 atom stereocenters. The molecule has 1 aliphatic heterocycles. The largest absolute Gasteiger partial charge is 0.494 e. The Kier molecular flexibility index (Phi) is 3.64. The molecule has 0 bridgehead atoms. The summed E-state index contributed by atoms with van der Waals surface area (Å²) in [6.45, 7) is 3.42. The van der Waals surface area contributed by atoms with Crippen LogP contribution in [-0.2, 0) is 4.84 Å². The average molecular weight is 223 g/mol. The summed E-state index contributed by atoms with van der Waals surface area (Å²) in [7, 11) is 1.61. The Morgan fingerprint density at radius 1 is 1.50 bits per heavy atom. The van der Waals surface area contributed by atoms with Gasteiger partial charge in [0.25, 0.3) is 0 Å². The van der Waals surface area contributed by atoms with Crippen LogP contribution in [0.25, 0.3) is 0 Å².